The van der Waals surface area contributed by atoms with Crippen LogP contribution >= 0.6 is 12.0 Å². The van der Waals surface area contributed by atoms with Gasteiger partial charge in [0.15, 0.2) is 0 Å². The molecular weight excluding hydrogens is 188 g/mol. The van der Waals surface area contributed by atoms with Crippen LogP contribution in [-0.2, 0) is 21.7 Å². The van der Waals surface area contributed by atoms with Crippen molar-refractivity contribution in [1.82, 2.24) is 4.98 Å². The first-order valence-corrected chi connectivity index (χ1v) is 4.38. The fourth-order valence-electron chi connectivity index (χ4n) is 0.457. The van der Waals surface area contributed by atoms with E-state index in [1.54, 1.807) is 6.20 Å². The molecule has 0 spiro atoms. The summed E-state index contributed by atoms with van der Waals surface area (Å²) in [5.41, 5.74) is 0. The Labute approximate surface area is 68.3 Å². The van der Waals surface area contributed by atoms with Crippen LogP contribution in [0.5, 0.6) is 0 Å². The molecule has 0 aromatic carbocycles. The minimum atomic E-state index is 0.835. The third kappa shape index (κ3) is 2.44. The van der Waals surface area contributed by atoms with Gasteiger partial charge in [0.2, 0.25) is 0 Å². The molecule has 4 heteroatoms. The Morgan fingerprint density at radius 1 is 1.56 bits per heavy atom. The molecule has 0 aliphatic heterocycles. The van der Waals surface area contributed by atoms with Crippen molar-refractivity contribution in [3.05, 3.63) is 24.4 Å². The molecule has 0 aliphatic rings. The van der Waals surface area contributed by atoms with Crippen LogP contribution in [0.3, 0.4) is 0 Å². The van der Waals surface area contributed by atoms with E-state index >= 15 is 0 Å². The summed E-state index contributed by atoms with van der Waals surface area (Å²) in [4.78, 5) is 4.03. The van der Waals surface area contributed by atoms with Gasteiger partial charge in [0.1, 0.15) is 0 Å². The SMILES string of the molecule is [Zn][O]Sc1ccccn1. The molecule has 1 rings (SSSR count). The second kappa shape index (κ2) is 3.99. The van der Waals surface area contributed by atoms with Crippen LogP contribution in [0.25, 0.3) is 0 Å². The van der Waals surface area contributed by atoms with E-state index in [-0.39, 0.29) is 0 Å². The molecule has 2 nitrogen and oxygen atoms in total. The summed E-state index contributed by atoms with van der Waals surface area (Å²) in [5.74, 6) is 0. The van der Waals surface area contributed by atoms with Crippen LogP contribution in [0.4, 0.5) is 0 Å². The van der Waals surface area contributed by atoms with Gasteiger partial charge in [-0.05, 0) is 0 Å². The molecule has 0 N–H and O–H groups in total. The van der Waals surface area contributed by atoms with Crippen LogP contribution in [0.15, 0.2) is 29.4 Å². The minimum absolute atomic E-state index is 0.835. The number of nitrogens with zero attached hydrogens (tertiary/aromatic N) is 1. The van der Waals surface area contributed by atoms with Crippen molar-refractivity contribution >= 4 is 12.0 Å². The van der Waals surface area contributed by atoms with Gasteiger partial charge < -0.3 is 0 Å². The van der Waals surface area contributed by atoms with Crippen molar-refractivity contribution in [2.45, 2.75) is 5.03 Å². The van der Waals surface area contributed by atoms with Crippen LogP contribution in [0.1, 0.15) is 0 Å². The maximum atomic E-state index is 4.91. The van der Waals surface area contributed by atoms with E-state index in [9.17, 15) is 0 Å². The van der Waals surface area contributed by atoms with E-state index in [2.05, 4.69) is 4.98 Å². The quantitative estimate of drug-likeness (QED) is 0.523. The van der Waals surface area contributed by atoms with E-state index in [4.69, 9.17) is 3.01 Å². The molecule has 0 saturated carbocycles. The topological polar surface area (TPSA) is 22.1 Å². The van der Waals surface area contributed by atoms with Crippen molar-refractivity contribution in [3.63, 3.8) is 0 Å². The van der Waals surface area contributed by atoms with E-state index < -0.39 is 0 Å². The van der Waals surface area contributed by atoms with Gasteiger partial charge in [0.25, 0.3) is 0 Å². The molecular formula is C5H4NOSZn. The summed E-state index contributed by atoms with van der Waals surface area (Å²) in [6, 6.07) is 5.74. The molecule has 1 aromatic rings. The summed E-state index contributed by atoms with van der Waals surface area (Å²) in [5, 5.41) is 0.920. The number of hydrogen-bond donors (Lipinski definition) is 0. The Morgan fingerprint density at radius 3 is 3.00 bits per heavy atom. The zero-order chi connectivity index (χ0) is 6.53. The Kier molecular flexibility index (Phi) is 3.19. The normalized spacial score (nSPS) is 9.56. The molecule has 0 bridgehead atoms. The molecule has 9 heavy (non-hydrogen) atoms. The molecule has 0 saturated heterocycles. The monoisotopic (exact) mass is 190 g/mol. The van der Waals surface area contributed by atoms with E-state index in [0.717, 1.165) is 23.7 Å². The van der Waals surface area contributed by atoms with Gasteiger partial charge in [-0.2, -0.15) is 0 Å². The summed E-state index contributed by atoms with van der Waals surface area (Å²) >= 11 is 2.15. The Morgan fingerprint density at radius 2 is 2.44 bits per heavy atom. The van der Waals surface area contributed by atoms with E-state index in [1.165, 1.54) is 12.0 Å². The van der Waals surface area contributed by atoms with Gasteiger partial charge in [0.05, 0.1) is 0 Å². The zero-order valence-electron chi connectivity index (χ0n) is 4.78. The molecule has 0 fully saturated rings. The zero-order valence-corrected chi connectivity index (χ0v) is 8.56. The molecule has 1 heterocycles. The first-order valence-electron chi connectivity index (χ1n) is 2.43. The number of aromatic nitrogens is 1. The fourth-order valence-corrected chi connectivity index (χ4v) is 1.58. The Bertz CT molecular complexity index is 170. The first-order chi connectivity index (χ1) is 4.43. The van der Waals surface area contributed by atoms with Crippen LogP contribution in [0, 0.1) is 0 Å². The fraction of sp³-hybridized carbons (Fsp3) is 0. The van der Waals surface area contributed by atoms with Crippen molar-refractivity contribution in [2.24, 2.45) is 0 Å². The predicted octanol–water partition coefficient (Wildman–Crippen LogP) is 1.57. The van der Waals surface area contributed by atoms with Crippen molar-refractivity contribution in [2.75, 3.05) is 0 Å². The first kappa shape index (κ1) is 7.19. The van der Waals surface area contributed by atoms with Gasteiger partial charge in [-0.25, -0.2) is 0 Å². The second-order valence-corrected chi connectivity index (χ2v) is 3.67. The molecule has 1 aromatic heterocycles. The number of hydrogen-bond acceptors (Lipinski definition) is 3. The van der Waals surface area contributed by atoms with Crippen molar-refractivity contribution in [3.8, 4) is 0 Å². The van der Waals surface area contributed by atoms with Crippen LogP contribution in [-0.4, -0.2) is 4.98 Å². The summed E-state index contributed by atoms with van der Waals surface area (Å²) in [6.07, 6.45) is 1.75. The number of rotatable bonds is 2. The Balaban J connectivity index is 2.61. The molecule has 0 aliphatic carbocycles. The van der Waals surface area contributed by atoms with Crippen molar-refractivity contribution in [1.29, 1.82) is 0 Å². The molecule has 0 amide bonds. The van der Waals surface area contributed by atoms with Crippen LogP contribution in [0.2, 0.25) is 0 Å². The summed E-state index contributed by atoms with van der Waals surface area (Å²) in [6.45, 7) is 0. The van der Waals surface area contributed by atoms with Crippen molar-refractivity contribution < 1.29 is 21.7 Å². The number of pyridine rings is 1. The van der Waals surface area contributed by atoms with E-state index in [0.29, 0.717) is 0 Å². The van der Waals surface area contributed by atoms with Gasteiger partial charge in [-0.15, -0.1) is 0 Å². The van der Waals surface area contributed by atoms with Gasteiger partial charge in [0, 0.05) is 0 Å². The molecule has 0 atom stereocenters. The average molecular weight is 192 g/mol. The Hall–Kier alpha value is 0.0834. The van der Waals surface area contributed by atoms with Gasteiger partial charge in [-0.1, -0.05) is 0 Å². The molecule has 43 valence electrons. The summed E-state index contributed by atoms with van der Waals surface area (Å²) in [7, 11) is 0. The predicted molar refractivity (Wildman–Crippen MR) is 31.2 cm³/mol. The second-order valence-electron chi connectivity index (χ2n) is 1.37. The van der Waals surface area contributed by atoms with Gasteiger partial charge >= 0.3 is 68.1 Å². The molecule has 0 radical (unpaired) electrons. The molecule has 0 unspecified atom stereocenters. The average Bonchev–Trinajstić information content (AvgIpc) is 1.91. The summed E-state index contributed by atoms with van der Waals surface area (Å²) < 4.78 is 4.91. The standard InChI is InChI=1S/C5H5NOS.Zn/c7-8-5-3-1-2-4-6-5;/h1-4,7H;/q;+1/p-1. The van der Waals surface area contributed by atoms with E-state index in [1.807, 2.05) is 18.2 Å². The van der Waals surface area contributed by atoms with Crippen LogP contribution < -0.4 is 0 Å². The third-order valence-electron chi connectivity index (χ3n) is 0.782. The van der Waals surface area contributed by atoms with Gasteiger partial charge in [-0.3, -0.25) is 0 Å². The third-order valence-corrected chi connectivity index (χ3v) is 2.05. The maximum absolute atomic E-state index is 4.91.